The van der Waals surface area contributed by atoms with Crippen molar-refractivity contribution >= 4 is 11.9 Å². The molecule has 0 spiro atoms. The highest BCUT2D eigenvalue weighted by atomic mass is 16.4. The van der Waals surface area contributed by atoms with Crippen molar-refractivity contribution in [2.24, 2.45) is 0 Å². The van der Waals surface area contributed by atoms with E-state index >= 15 is 0 Å². The number of hydrogen-bond acceptors (Lipinski definition) is 2. The molecule has 33 heavy (non-hydrogen) atoms. The first-order valence-corrected chi connectivity index (χ1v) is 14.2. The van der Waals surface area contributed by atoms with Crippen molar-refractivity contribution < 1.29 is 19.8 Å². The van der Waals surface area contributed by atoms with Crippen LogP contribution < -0.4 is 0 Å². The normalized spacial score (nSPS) is 11.4. The zero-order valence-corrected chi connectivity index (χ0v) is 21.5. The lowest BCUT2D eigenvalue weighted by molar-refractivity contribution is -0.137. The van der Waals surface area contributed by atoms with Crippen molar-refractivity contribution in [3.8, 4) is 0 Å². The summed E-state index contributed by atoms with van der Waals surface area (Å²) in [7, 11) is 0. The molecule has 4 heteroatoms. The van der Waals surface area contributed by atoms with Gasteiger partial charge >= 0.3 is 11.9 Å². The summed E-state index contributed by atoms with van der Waals surface area (Å²) in [5.41, 5.74) is 0. The molecule has 0 radical (unpaired) electrons. The highest BCUT2D eigenvalue weighted by molar-refractivity contribution is 5.79. The molecule has 0 aromatic carbocycles. The highest BCUT2D eigenvalue weighted by Gasteiger charge is 1.98. The average molecular weight is 467 g/mol. The number of carbonyl (C=O) groups is 2. The maximum atomic E-state index is 10.4. The van der Waals surface area contributed by atoms with Gasteiger partial charge in [0.05, 0.1) is 0 Å². The molecular weight excluding hydrogens is 412 g/mol. The van der Waals surface area contributed by atoms with Crippen LogP contribution in [0.3, 0.4) is 0 Å². The minimum absolute atomic E-state index is 0.334. The van der Waals surface area contributed by atoms with E-state index in [1.807, 2.05) is 0 Å². The Morgan fingerprint density at radius 1 is 0.424 bits per heavy atom. The number of rotatable bonds is 27. The Bertz CT molecular complexity index is 459. The van der Waals surface area contributed by atoms with E-state index in [9.17, 15) is 9.59 Å². The van der Waals surface area contributed by atoms with Crippen LogP contribution in [0.25, 0.3) is 0 Å². The Balaban J connectivity index is 3.05. The van der Waals surface area contributed by atoms with Crippen molar-refractivity contribution in [3.05, 3.63) is 12.2 Å². The third-order valence-corrected chi connectivity index (χ3v) is 6.52. The summed E-state index contributed by atoms with van der Waals surface area (Å²) in [6.07, 6.45) is 34.4. The van der Waals surface area contributed by atoms with Gasteiger partial charge < -0.3 is 10.2 Å². The lowest BCUT2D eigenvalue weighted by Gasteiger charge is -2.04. The van der Waals surface area contributed by atoms with Gasteiger partial charge in [0.1, 0.15) is 0 Å². The van der Waals surface area contributed by atoms with E-state index in [0.29, 0.717) is 6.42 Å². The Kier molecular flexibility index (Phi) is 25.9. The Morgan fingerprint density at radius 3 is 0.970 bits per heavy atom. The van der Waals surface area contributed by atoms with E-state index in [1.54, 1.807) is 6.08 Å². The molecule has 0 fully saturated rings. The molecule has 0 unspecified atom stereocenters. The summed E-state index contributed by atoms with van der Waals surface area (Å²) in [6, 6.07) is 0. The molecule has 0 saturated heterocycles. The van der Waals surface area contributed by atoms with Gasteiger partial charge in [-0.05, 0) is 19.3 Å². The fourth-order valence-electron chi connectivity index (χ4n) is 4.43. The fraction of sp³-hybridized carbons (Fsp3) is 0.862. The van der Waals surface area contributed by atoms with Gasteiger partial charge in [-0.2, -0.15) is 0 Å². The molecule has 0 aromatic heterocycles. The standard InChI is InChI=1S/C29H54O4/c30-28(31)26-24-22-20-18-16-14-12-10-8-6-4-2-1-3-5-7-9-11-13-15-17-19-21-23-25-27-29(32)33/h24,26H,1-23,25,27H2,(H,30,31)(H,32,33). The summed E-state index contributed by atoms with van der Waals surface area (Å²) in [6.45, 7) is 0. The predicted molar refractivity (Wildman–Crippen MR) is 140 cm³/mol. The molecule has 194 valence electrons. The summed E-state index contributed by atoms with van der Waals surface area (Å²) < 4.78 is 0. The van der Waals surface area contributed by atoms with E-state index in [4.69, 9.17) is 10.2 Å². The first kappa shape index (κ1) is 31.7. The number of unbranched alkanes of at least 4 members (excludes halogenated alkanes) is 23. The second-order valence-corrected chi connectivity index (χ2v) is 9.80. The SMILES string of the molecule is O=C(O)C=CCCCCCCCCCCCCCCCCCCCCCCCCCC(=O)O. The van der Waals surface area contributed by atoms with Crippen LogP contribution in [-0.4, -0.2) is 22.2 Å². The quantitative estimate of drug-likeness (QED) is 0.0933. The largest absolute Gasteiger partial charge is 0.481 e. The maximum absolute atomic E-state index is 10.4. The molecule has 0 amide bonds. The smallest absolute Gasteiger partial charge is 0.327 e. The van der Waals surface area contributed by atoms with Crippen LogP contribution in [0.5, 0.6) is 0 Å². The molecule has 2 N–H and O–H groups in total. The lowest BCUT2D eigenvalue weighted by Crippen LogP contribution is -1.93. The van der Waals surface area contributed by atoms with E-state index in [2.05, 4.69) is 0 Å². The molecule has 0 aliphatic carbocycles. The molecule has 0 aliphatic heterocycles. The van der Waals surface area contributed by atoms with E-state index in [0.717, 1.165) is 25.7 Å². The van der Waals surface area contributed by atoms with E-state index in [1.165, 1.54) is 134 Å². The molecule has 0 aliphatic rings. The zero-order chi connectivity index (χ0) is 24.2. The van der Waals surface area contributed by atoms with Crippen LogP contribution in [0.4, 0.5) is 0 Å². The number of carboxylic acid groups (broad SMARTS) is 2. The van der Waals surface area contributed by atoms with Crippen LogP contribution in [0, 0.1) is 0 Å². The molecule has 0 bridgehead atoms. The molecule has 0 heterocycles. The van der Waals surface area contributed by atoms with Crippen molar-refractivity contribution in [1.29, 1.82) is 0 Å². The summed E-state index contributed by atoms with van der Waals surface area (Å²) in [5.74, 6) is -1.50. The average Bonchev–Trinajstić information content (AvgIpc) is 2.78. The van der Waals surface area contributed by atoms with Gasteiger partial charge in [0.2, 0.25) is 0 Å². The third kappa shape index (κ3) is 30.7. The number of hydrogen-bond donors (Lipinski definition) is 2. The van der Waals surface area contributed by atoms with Gasteiger partial charge in [0, 0.05) is 12.5 Å². The minimum Gasteiger partial charge on any atom is -0.481 e. The molecule has 0 atom stereocenters. The third-order valence-electron chi connectivity index (χ3n) is 6.52. The van der Waals surface area contributed by atoms with Crippen molar-refractivity contribution in [2.75, 3.05) is 0 Å². The van der Waals surface area contributed by atoms with Crippen LogP contribution in [0.1, 0.15) is 161 Å². The molecule has 0 rings (SSSR count). The van der Waals surface area contributed by atoms with Crippen LogP contribution in [0.2, 0.25) is 0 Å². The molecule has 0 saturated carbocycles. The minimum atomic E-state index is -0.840. The monoisotopic (exact) mass is 466 g/mol. The Hall–Kier alpha value is -1.32. The Labute approximate surface area is 204 Å². The van der Waals surface area contributed by atoms with E-state index < -0.39 is 11.9 Å². The predicted octanol–water partition coefficient (Wildman–Crippen LogP) is 9.46. The van der Waals surface area contributed by atoms with Gasteiger partial charge in [-0.25, -0.2) is 4.79 Å². The zero-order valence-electron chi connectivity index (χ0n) is 21.5. The van der Waals surface area contributed by atoms with Crippen LogP contribution in [-0.2, 0) is 9.59 Å². The van der Waals surface area contributed by atoms with Crippen LogP contribution >= 0.6 is 0 Å². The lowest BCUT2D eigenvalue weighted by atomic mass is 10.0. The summed E-state index contributed by atoms with van der Waals surface area (Å²) >= 11 is 0. The molecular formula is C29H54O4. The second kappa shape index (κ2) is 26.9. The van der Waals surface area contributed by atoms with Gasteiger partial charge in [-0.15, -0.1) is 0 Å². The number of aliphatic carboxylic acids is 2. The van der Waals surface area contributed by atoms with Gasteiger partial charge in [0.15, 0.2) is 0 Å². The summed E-state index contributed by atoms with van der Waals surface area (Å²) in [5, 5.41) is 17.1. The Morgan fingerprint density at radius 2 is 0.697 bits per heavy atom. The van der Waals surface area contributed by atoms with Gasteiger partial charge in [-0.1, -0.05) is 141 Å². The van der Waals surface area contributed by atoms with Gasteiger partial charge in [-0.3, -0.25) is 4.79 Å². The molecule has 0 aromatic rings. The highest BCUT2D eigenvalue weighted by Crippen LogP contribution is 2.15. The van der Waals surface area contributed by atoms with Crippen molar-refractivity contribution in [3.63, 3.8) is 0 Å². The van der Waals surface area contributed by atoms with Gasteiger partial charge in [0.25, 0.3) is 0 Å². The van der Waals surface area contributed by atoms with Crippen molar-refractivity contribution in [1.82, 2.24) is 0 Å². The first-order valence-electron chi connectivity index (χ1n) is 14.2. The van der Waals surface area contributed by atoms with E-state index in [-0.39, 0.29) is 0 Å². The fourth-order valence-corrected chi connectivity index (χ4v) is 4.43. The summed E-state index contributed by atoms with van der Waals surface area (Å²) in [4.78, 5) is 20.8. The maximum Gasteiger partial charge on any atom is 0.327 e. The number of allylic oxidation sites excluding steroid dienone is 1. The molecule has 4 nitrogen and oxygen atoms in total. The number of carboxylic acids is 2. The van der Waals surface area contributed by atoms with Crippen molar-refractivity contribution in [2.45, 2.75) is 161 Å². The van der Waals surface area contributed by atoms with Crippen LogP contribution in [0.15, 0.2) is 12.2 Å². The second-order valence-electron chi connectivity index (χ2n) is 9.80. The first-order chi connectivity index (χ1) is 16.1. The topological polar surface area (TPSA) is 74.6 Å².